The molecule has 0 amide bonds. The van der Waals surface area contributed by atoms with Gasteiger partial charge in [-0.05, 0) is 31.2 Å². The Balaban J connectivity index is 0.000000165. The Morgan fingerprint density at radius 1 is 0.857 bits per heavy atom. The topological polar surface area (TPSA) is 32.0 Å². The van der Waals surface area contributed by atoms with Gasteiger partial charge in [0.15, 0.2) is 7.05 Å². The Kier molecular flexibility index (Phi) is 7.23. The van der Waals surface area contributed by atoms with Crippen LogP contribution in [0.5, 0.6) is 0 Å². The molecule has 6 rings (SSSR count). The van der Waals surface area contributed by atoms with Crippen molar-refractivity contribution in [2.45, 2.75) is 20.8 Å². The van der Waals surface area contributed by atoms with Crippen molar-refractivity contribution in [2.24, 2.45) is 0 Å². The SMILES string of the molecule is C[N+]1=C=[N+](c2[c-]cc3oc4ccccc4c3c2)C=C1.Cc1c[c-]c(-c2cc(C)c(C)cn2)cc1.[Ir]. The number of fused-ring (bicyclic) bond motifs is 3. The summed E-state index contributed by atoms with van der Waals surface area (Å²) in [5.41, 5.74) is 8.51. The third-order valence-corrected chi connectivity index (χ3v) is 5.88. The van der Waals surface area contributed by atoms with Gasteiger partial charge in [0.1, 0.15) is 11.3 Å². The van der Waals surface area contributed by atoms with Gasteiger partial charge in [0.05, 0.1) is 0 Å². The molecular formula is C30H25IrN3O. The average molecular weight is 636 g/mol. The number of hydrogen-bond acceptors (Lipinski definition) is 2. The van der Waals surface area contributed by atoms with Crippen LogP contribution in [0, 0.1) is 32.9 Å². The number of furan rings is 1. The van der Waals surface area contributed by atoms with Crippen molar-refractivity contribution in [3.05, 3.63) is 108 Å². The van der Waals surface area contributed by atoms with Gasteiger partial charge in [-0.2, -0.15) is 0 Å². The summed E-state index contributed by atoms with van der Waals surface area (Å²) in [7, 11) is 1.95. The van der Waals surface area contributed by atoms with Crippen LogP contribution >= 0.6 is 0 Å². The minimum Gasteiger partial charge on any atom is -0.516 e. The molecule has 1 radical (unpaired) electrons. The van der Waals surface area contributed by atoms with E-state index in [1.54, 1.807) is 0 Å². The minimum absolute atomic E-state index is 0. The van der Waals surface area contributed by atoms with Crippen molar-refractivity contribution >= 4 is 33.6 Å². The average Bonchev–Trinajstić information content (AvgIpc) is 3.45. The Labute approximate surface area is 218 Å². The number of aryl methyl sites for hydroxylation is 3. The summed E-state index contributed by atoms with van der Waals surface area (Å²) in [6, 6.07) is 29.9. The van der Waals surface area contributed by atoms with Crippen LogP contribution in [0.4, 0.5) is 5.69 Å². The van der Waals surface area contributed by atoms with Gasteiger partial charge in [-0.3, -0.25) is 0 Å². The predicted molar refractivity (Wildman–Crippen MR) is 136 cm³/mol. The van der Waals surface area contributed by atoms with E-state index in [1.807, 2.05) is 65.1 Å². The summed E-state index contributed by atoms with van der Waals surface area (Å²) in [5, 5.41) is 2.23. The first-order valence-corrected chi connectivity index (χ1v) is 11.2. The van der Waals surface area contributed by atoms with Crippen LogP contribution in [0.1, 0.15) is 16.7 Å². The Morgan fingerprint density at radius 2 is 1.69 bits per heavy atom. The van der Waals surface area contributed by atoms with E-state index in [0.717, 1.165) is 38.9 Å². The largest absolute Gasteiger partial charge is 0.516 e. The second kappa shape index (κ2) is 10.3. The molecule has 175 valence electrons. The van der Waals surface area contributed by atoms with Crippen molar-refractivity contribution in [1.82, 2.24) is 4.98 Å². The van der Waals surface area contributed by atoms with Gasteiger partial charge in [0, 0.05) is 37.3 Å². The molecule has 0 saturated heterocycles. The number of pyridine rings is 1. The van der Waals surface area contributed by atoms with Gasteiger partial charge in [0.25, 0.3) is 6.20 Å². The molecule has 0 atom stereocenters. The quantitative estimate of drug-likeness (QED) is 0.158. The zero-order valence-corrected chi connectivity index (χ0v) is 22.5. The summed E-state index contributed by atoms with van der Waals surface area (Å²) in [6.45, 7) is 6.24. The molecule has 0 unspecified atom stereocenters. The van der Waals surface area contributed by atoms with Crippen LogP contribution in [0.2, 0.25) is 0 Å². The van der Waals surface area contributed by atoms with Crippen LogP contribution in [0.15, 0.2) is 83.7 Å². The van der Waals surface area contributed by atoms with Crippen LogP contribution in [-0.4, -0.2) is 27.2 Å². The fraction of sp³-hybridized carbons (Fsp3) is 0.133. The molecule has 3 aromatic carbocycles. The molecule has 35 heavy (non-hydrogen) atoms. The first kappa shape index (κ1) is 24.5. The second-order valence-electron chi connectivity index (χ2n) is 8.51. The molecular weight excluding hydrogens is 611 g/mol. The Morgan fingerprint density at radius 3 is 2.40 bits per heavy atom. The molecule has 4 nitrogen and oxygen atoms in total. The zero-order valence-electron chi connectivity index (χ0n) is 20.1. The molecule has 0 saturated carbocycles. The van der Waals surface area contributed by atoms with E-state index in [0.29, 0.717) is 0 Å². The summed E-state index contributed by atoms with van der Waals surface area (Å²) >= 11 is 0. The number of para-hydroxylation sites is 1. The van der Waals surface area contributed by atoms with Gasteiger partial charge in [-0.25, -0.2) is 0 Å². The number of hydrogen-bond donors (Lipinski definition) is 0. The van der Waals surface area contributed by atoms with Crippen molar-refractivity contribution in [3.63, 3.8) is 0 Å². The van der Waals surface area contributed by atoms with Crippen LogP contribution in [0.25, 0.3) is 33.2 Å². The van der Waals surface area contributed by atoms with Crippen LogP contribution in [-0.2, 0) is 20.1 Å². The first-order chi connectivity index (χ1) is 16.5. The smallest absolute Gasteiger partial charge is 0.493 e. The first-order valence-electron chi connectivity index (χ1n) is 11.2. The number of nitrogens with zero attached hydrogens (tertiary/aromatic N) is 3. The van der Waals surface area contributed by atoms with Crippen molar-refractivity contribution < 1.29 is 33.7 Å². The molecule has 3 heterocycles. The minimum atomic E-state index is 0. The van der Waals surface area contributed by atoms with Crippen LogP contribution < -0.4 is 0 Å². The van der Waals surface area contributed by atoms with Crippen molar-refractivity contribution in [1.29, 1.82) is 0 Å². The number of rotatable bonds is 2. The Bertz CT molecular complexity index is 1620. The molecule has 1 aliphatic heterocycles. The second-order valence-corrected chi connectivity index (χ2v) is 8.51. The van der Waals surface area contributed by atoms with E-state index < -0.39 is 0 Å². The van der Waals surface area contributed by atoms with E-state index >= 15 is 0 Å². The zero-order chi connectivity index (χ0) is 23.7. The summed E-state index contributed by atoms with van der Waals surface area (Å²) in [5.74, 6) is 0. The van der Waals surface area contributed by atoms with E-state index in [-0.39, 0.29) is 20.1 Å². The fourth-order valence-corrected chi connectivity index (χ4v) is 3.77. The van der Waals surface area contributed by atoms with E-state index in [2.05, 4.69) is 74.2 Å². The van der Waals surface area contributed by atoms with Gasteiger partial charge in [0.2, 0.25) is 6.20 Å². The summed E-state index contributed by atoms with van der Waals surface area (Å²) in [6.07, 6.45) is 5.82. The molecule has 5 heteroatoms. The molecule has 0 fully saturated rings. The van der Waals surface area contributed by atoms with Gasteiger partial charge < -0.3 is 9.40 Å². The molecule has 0 aliphatic carbocycles. The van der Waals surface area contributed by atoms with Gasteiger partial charge in [-0.1, -0.05) is 57.4 Å². The standard InChI is InChI=1S/C16H11N2O.C14H14N.Ir/c1-17-8-9-18(11-17)12-6-7-16-14(10-12)13-4-2-3-5-15(13)19-16;1-10-4-6-13(7-5-10)14-8-11(2)12(3)9-15-14;/h2-5,7-10H,1H3;4-6,8-9H,1-3H3;/q+1;-1;. The van der Waals surface area contributed by atoms with E-state index in [4.69, 9.17) is 4.42 Å². The molecule has 5 aromatic rings. The summed E-state index contributed by atoms with van der Waals surface area (Å²) in [4.78, 5) is 4.41. The van der Waals surface area contributed by atoms with E-state index in [1.165, 1.54) is 16.7 Å². The fourth-order valence-electron chi connectivity index (χ4n) is 3.77. The monoisotopic (exact) mass is 636 g/mol. The maximum Gasteiger partial charge on any atom is 0.493 e. The molecule has 0 bridgehead atoms. The third kappa shape index (κ3) is 5.23. The normalized spacial score (nSPS) is 12.1. The number of benzene rings is 3. The maximum absolute atomic E-state index is 5.79. The molecule has 0 N–H and O–H groups in total. The van der Waals surface area contributed by atoms with E-state index in [9.17, 15) is 0 Å². The molecule has 0 spiro atoms. The Hall–Kier alpha value is -3.62. The molecule has 2 aromatic heterocycles. The van der Waals surface area contributed by atoms with Gasteiger partial charge >= 0.3 is 6.01 Å². The summed E-state index contributed by atoms with van der Waals surface area (Å²) < 4.78 is 9.59. The molecule has 1 aliphatic rings. The number of aromatic nitrogens is 1. The maximum atomic E-state index is 5.79. The third-order valence-electron chi connectivity index (χ3n) is 5.88. The van der Waals surface area contributed by atoms with Crippen LogP contribution in [0.3, 0.4) is 0 Å². The predicted octanol–water partition coefficient (Wildman–Crippen LogP) is 6.80. The van der Waals surface area contributed by atoms with Crippen molar-refractivity contribution in [3.8, 4) is 11.3 Å². The van der Waals surface area contributed by atoms with Gasteiger partial charge in [-0.15, -0.1) is 47.5 Å². The van der Waals surface area contributed by atoms with Crippen molar-refractivity contribution in [2.75, 3.05) is 7.05 Å².